The molecule has 0 aliphatic rings. The number of sulfonamides is 1. The zero-order valence-corrected chi connectivity index (χ0v) is 13.1. The molecule has 1 unspecified atom stereocenters. The highest BCUT2D eigenvalue weighted by molar-refractivity contribution is 7.89. The standard InChI is InChI=1S/C13H18N2O6S/c1-3-4-5-11(13(16)17)14-22(20,21)12-7-6-10(15(18)19)8-9(12)2/h6-8,11,14H,3-5H2,1-2H3,(H,16,17). The summed E-state index contributed by atoms with van der Waals surface area (Å²) in [5.74, 6) is -1.25. The van der Waals surface area contributed by atoms with Crippen LogP contribution in [0.5, 0.6) is 0 Å². The first-order chi connectivity index (χ1) is 10.2. The van der Waals surface area contributed by atoms with Crippen LogP contribution in [0.2, 0.25) is 0 Å². The van der Waals surface area contributed by atoms with E-state index in [1.165, 1.54) is 6.92 Å². The van der Waals surface area contributed by atoms with Gasteiger partial charge in [0.25, 0.3) is 5.69 Å². The number of nitrogens with zero attached hydrogens (tertiary/aromatic N) is 1. The third-order valence-electron chi connectivity index (χ3n) is 3.10. The molecule has 0 fully saturated rings. The van der Waals surface area contributed by atoms with E-state index in [0.29, 0.717) is 6.42 Å². The number of aliphatic carboxylic acids is 1. The van der Waals surface area contributed by atoms with Crippen LogP contribution in [0.25, 0.3) is 0 Å². The number of carboxylic acids is 1. The van der Waals surface area contributed by atoms with Gasteiger partial charge in [-0.1, -0.05) is 19.8 Å². The van der Waals surface area contributed by atoms with Crippen molar-refractivity contribution in [1.82, 2.24) is 4.72 Å². The van der Waals surface area contributed by atoms with E-state index in [2.05, 4.69) is 4.72 Å². The van der Waals surface area contributed by atoms with Gasteiger partial charge in [-0.3, -0.25) is 14.9 Å². The maximum absolute atomic E-state index is 12.3. The Hall–Kier alpha value is -2.00. The Kier molecular flexibility index (Phi) is 6.01. The van der Waals surface area contributed by atoms with Gasteiger partial charge in [-0.15, -0.1) is 0 Å². The van der Waals surface area contributed by atoms with E-state index in [0.717, 1.165) is 24.6 Å². The van der Waals surface area contributed by atoms with Crippen LogP contribution in [0, 0.1) is 17.0 Å². The van der Waals surface area contributed by atoms with E-state index in [9.17, 15) is 23.3 Å². The molecule has 0 saturated carbocycles. The molecule has 0 aromatic heterocycles. The third kappa shape index (κ3) is 4.50. The van der Waals surface area contributed by atoms with Crippen LogP contribution in [0.4, 0.5) is 5.69 Å². The molecule has 0 aliphatic heterocycles. The molecular weight excluding hydrogens is 312 g/mol. The third-order valence-corrected chi connectivity index (χ3v) is 4.73. The van der Waals surface area contributed by atoms with Crippen LogP contribution < -0.4 is 4.72 Å². The fourth-order valence-corrected chi connectivity index (χ4v) is 3.39. The quantitative estimate of drug-likeness (QED) is 0.553. The zero-order valence-electron chi connectivity index (χ0n) is 12.3. The van der Waals surface area contributed by atoms with E-state index in [-0.39, 0.29) is 22.6 Å². The first-order valence-corrected chi connectivity index (χ1v) is 8.17. The lowest BCUT2D eigenvalue weighted by molar-refractivity contribution is -0.385. The summed E-state index contributed by atoms with van der Waals surface area (Å²) in [4.78, 5) is 21.0. The molecule has 0 spiro atoms. The Balaban J connectivity index is 3.07. The van der Waals surface area contributed by atoms with Crippen molar-refractivity contribution in [3.63, 3.8) is 0 Å². The van der Waals surface area contributed by atoms with Crippen molar-refractivity contribution in [1.29, 1.82) is 0 Å². The molecule has 1 rings (SSSR count). The summed E-state index contributed by atoms with van der Waals surface area (Å²) >= 11 is 0. The van der Waals surface area contributed by atoms with Crippen LogP contribution in [0.15, 0.2) is 23.1 Å². The van der Waals surface area contributed by atoms with Crippen molar-refractivity contribution >= 4 is 21.7 Å². The molecule has 0 aliphatic carbocycles. The number of hydrogen-bond donors (Lipinski definition) is 2. The van der Waals surface area contributed by atoms with Crippen LogP contribution in [-0.4, -0.2) is 30.5 Å². The van der Waals surface area contributed by atoms with Crippen molar-refractivity contribution in [2.75, 3.05) is 0 Å². The summed E-state index contributed by atoms with van der Waals surface area (Å²) in [5, 5.41) is 19.7. The molecule has 0 bridgehead atoms. The Labute approximate surface area is 128 Å². The minimum absolute atomic E-state index is 0.166. The number of nitrogens with one attached hydrogen (secondary N) is 1. The molecule has 1 aromatic rings. The largest absolute Gasteiger partial charge is 0.480 e. The number of nitro benzene ring substituents is 1. The van der Waals surface area contributed by atoms with E-state index in [4.69, 9.17) is 5.11 Å². The second-order valence-corrected chi connectivity index (χ2v) is 6.54. The van der Waals surface area contributed by atoms with Crippen molar-refractivity contribution in [3.8, 4) is 0 Å². The van der Waals surface area contributed by atoms with Crippen molar-refractivity contribution in [3.05, 3.63) is 33.9 Å². The summed E-state index contributed by atoms with van der Waals surface area (Å²) < 4.78 is 26.7. The predicted octanol–water partition coefficient (Wildman–Crippen LogP) is 1.82. The topological polar surface area (TPSA) is 127 Å². The predicted molar refractivity (Wildman–Crippen MR) is 79.1 cm³/mol. The van der Waals surface area contributed by atoms with Gasteiger partial charge in [0.05, 0.1) is 9.82 Å². The normalized spacial score (nSPS) is 12.8. The molecule has 1 aromatic carbocycles. The molecule has 9 heteroatoms. The number of non-ortho nitro benzene ring substituents is 1. The number of rotatable bonds is 8. The number of carbonyl (C=O) groups is 1. The van der Waals surface area contributed by atoms with Crippen LogP contribution in [-0.2, 0) is 14.8 Å². The lowest BCUT2D eigenvalue weighted by Crippen LogP contribution is -2.40. The average Bonchev–Trinajstić information content (AvgIpc) is 2.42. The summed E-state index contributed by atoms with van der Waals surface area (Å²) in [7, 11) is -4.06. The van der Waals surface area contributed by atoms with Gasteiger partial charge >= 0.3 is 5.97 Å². The highest BCUT2D eigenvalue weighted by Crippen LogP contribution is 2.21. The average molecular weight is 330 g/mol. The Morgan fingerprint density at radius 2 is 2.09 bits per heavy atom. The lowest BCUT2D eigenvalue weighted by atomic mass is 10.1. The van der Waals surface area contributed by atoms with Gasteiger partial charge in [-0.05, 0) is 25.0 Å². The Morgan fingerprint density at radius 3 is 2.55 bits per heavy atom. The molecule has 122 valence electrons. The maximum atomic E-state index is 12.3. The highest BCUT2D eigenvalue weighted by Gasteiger charge is 2.26. The first-order valence-electron chi connectivity index (χ1n) is 6.69. The summed E-state index contributed by atoms with van der Waals surface area (Å²) in [6, 6.07) is 2.09. The molecule has 22 heavy (non-hydrogen) atoms. The number of nitro groups is 1. The number of unbranched alkanes of at least 4 members (excludes halogenated alkanes) is 1. The van der Waals surface area contributed by atoms with E-state index >= 15 is 0 Å². The maximum Gasteiger partial charge on any atom is 0.321 e. The molecule has 8 nitrogen and oxygen atoms in total. The summed E-state index contributed by atoms with van der Waals surface area (Å²) in [6.45, 7) is 3.29. The zero-order chi connectivity index (χ0) is 16.9. The van der Waals surface area contributed by atoms with Gasteiger partial charge in [-0.2, -0.15) is 4.72 Å². The molecule has 1 atom stereocenters. The van der Waals surface area contributed by atoms with Gasteiger partial charge in [0.15, 0.2) is 0 Å². The second kappa shape index (κ2) is 7.32. The Bertz CT molecular complexity index is 671. The van der Waals surface area contributed by atoms with Crippen LogP contribution in [0.3, 0.4) is 0 Å². The second-order valence-electron chi connectivity index (χ2n) is 4.86. The van der Waals surface area contributed by atoms with Gasteiger partial charge in [-0.25, -0.2) is 8.42 Å². The summed E-state index contributed by atoms with van der Waals surface area (Å²) in [5.41, 5.74) is -0.0430. The SMILES string of the molecule is CCCCC(NS(=O)(=O)c1ccc([N+](=O)[O-])cc1C)C(=O)O. The Morgan fingerprint density at radius 1 is 1.45 bits per heavy atom. The van der Waals surface area contributed by atoms with E-state index in [1.54, 1.807) is 0 Å². The first kappa shape index (κ1) is 18.1. The van der Waals surface area contributed by atoms with Crippen molar-refractivity contribution < 1.29 is 23.2 Å². The molecule has 2 N–H and O–H groups in total. The van der Waals surface area contributed by atoms with Gasteiger partial charge in [0.2, 0.25) is 10.0 Å². The van der Waals surface area contributed by atoms with Crippen molar-refractivity contribution in [2.24, 2.45) is 0 Å². The highest BCUT2D eigenvalue weighted by atomic mass is 32.2. The number of aryl methyl sites for hydroxylation is 1. The van der Waals surface area contributed by atoms with Gasteiger partial charge < -0.3 is 5.11 Å². The minimum atomic E-state index is -4.06. The molecular formula is C13H18N2O6S. The summed E-state index contributed by atoms with van der Waals surface area (Å²) in [6.07, 6.45) is 1.48. The van der Waals surface area contributed by atoms with Crippen molar-refractivity contribution in [2.45, 2.75) is 44.0 Å². The van der Waals surface area contributed by atoms with Crippen LogP contribution >= 0.6 is 0 Å². The number of hydrogen-bond acceptors (Lipinski definition) is 5. The minimum Gasteiger partial charge on any atom is -0.480 e. The molecule has 0 saturated heterocycles. The van der Waals surface area contributed by atoms with Gasteiger partial charge in [0.1, 0.15) is 6.04 Å². The monoisotopic (exact) mass is 330 g/mol. The number of carboxylic acid groups (broad SMARTS) is 1. The van der Waals surface area contributed by atoms with E-state index < -0.39 is 27.0 Å². The van der Waals surface area contributed by atoms with Gasteiger partial charge in [0, 0.05) is 12.1 Å². The van der Waals surface area contributed by atoms with E-state index in [1.807, 2.05) is 6.92 Å². The molecule has 0 radical (unpaired) electrons. The van der Waals surface area contributed by atoms with Crippen LogP contribution in [0.1, 0.15) is 31.7 Å². The molecule has 0 heterocycles. The fraction of sp³-hybridized carbons (Fsp3) is 0.462. The molecule has 0 amide bonds. The lowest BCUT2D eigenvalue weighted by Gasteiger charge is -2.15. The smallest absolute Gasteiger partial charge is 0.321 e. The number of benzene rings is 1. The fourth-order valence-electron chi connectivity index (χ4n) is 1.94.